The van der Waals surface area contributed by atoms with Crippen molar-refractivity contribution in [3.05, 3.63) is 88.4 Å². The summed E-state index contributed by atoms with van der Waals surface area (Å²) in [5.41, 5.74) is 1.03. The number of carbonyl (C=O) groups excluding carboxylic acids is 2. The number of nitriles is 1. The van der Waals surface area contributed by atoms with Gasteiger partial charge in [0.05, 0.1) is 30.5 Å². The molecule has 2 saturated heterocycles. The Morgan fingerprint density at radius 2 is 1.51 bits per heavy atom. The van der Waals surface area contributed by atoms with E-state index in [2.05, 4.69) is 16.4 Å². The van der Waals surface area contributed by atoms with E-state index in [1.165, 1.54) is 4.90 Å². The van der Waals surface area contributed by atoms with Crippen molar-refractivity contribution >= 4 is 58.2 Å². The van der Waals surface area contributed by atoms with E-state index in [0.717, 1.165) is 0 Å². The van der Waals surface area contributed by atoms with Gasteiger partial charge in [0.25, 0.3) is 0 Å². The van der Waals surface area contributed by atoms with Crippen LogP contribution >= 0.6 is 23.2 Å². The number of nitrogens with zero attached hydrogens (tertiary/aromatic N) is 4. The molecule has 0 atom stereocenters. The Bertz CT molecular complexity index is 1360. The number of urea groups is 2. The van der Waals surface area contributed by atoms with Crippen molar-refractivity contribution in [1.82, 2.24) is 0 Å². The second-order valence-electron chi connectivity index (χ2n) is 7.99. The molecule has 10 heteroatoms. The summed E-state index contributed by atoms with van der Waals surface area (Å²) in [6.07, 6.45) is 0. The molecular formula is C25H17Cl2N5O3. The molecule has 35 heavy (non-hydrogen) atoms. The van der Waals surface area contributed by atoms with Gasteiger partial charge >= 0.3 is 12.1 Å². The molecule has 0 bridgehead atoms. The number of anilines is 3. The fraction of sp³-hybridized carbons (Fsp3) is 0.120. The third-order valence-corrected chi connectivity index (χ3v) is 6.27. The highest BCUT2D eigenvalue weighted by Crippen LogP contribution is 2.41. The van der Waals surface area contributed by atoms with Gasteiger partial charge in [-0.1, -0.05) is 23.2 Å². The lowest BCUT2D eigenvalue weighted by Gasteiger charge is -2.43. The van der Waals surface area contributed by atoms with Crippen LogP contribution in [0.5, 0.6) is 0 Å². The minimum Gasteiger partial charge on any atom is -0.375 e. The first-order valence-corrected chi connectivity index (χ1v) is 11.3. The number of amides is 4. The molecule has 3 aromatic rings. The Kier molecular flexibility index (Phi) is 5.91. The number of hydrogen-bond acceptors (Lipinski definition) is 4. The van der Waals surface area contributed by atoms with Gasteiger partial charge in [0.2, 0.25) is 0 Å². The van der Waals surface area contributed by atoms with Crippen LogP contribution in [0.15, 0.2) is 77.8 Å². The molecule has 2 aliphatic rings. The molecule has 1 N–H and O–H groups in total. The molecule has 4 amide bonds. The van der Waals surface area contributed by atoms with Crippen LogP contribution in [-0.2, 0) is 4.74 Å². The lowest BCUT2D eigenvalue weighted by atomic mass is 9.93. The molecule has 8 nitrogen and oxygen atoms in total. The van der Waals surface area contributed by atoms with Gasteiger partial charge in [-0.2, -0.15) is 10.3 Å². The number of nitrogens with one attached hydrogen (secondary N) is 1. The minimum atomic E-state index is -0.998. The number of amidine groups is 1. The zero-order chi connectivity index (χ0) is 24.6. The van der Waals surface area contributed by atoms with Gasteiger partial charge < -0.3 is 10.1 Å². The van der Waals surface area contributed by atoms with Crippen molar-refractivity contribution in [1.29, 1.82) is 5.26 Å². The second-order valence-corrected chi connectivity index (χ2v) is 8.86. The molecule has 2 heterocycles. The first-order valence-electron chi connectivity index (χ1n) is 10.5. The number of rotatable bonds is 3. The lowest BCUT2D eigenvalue weighted by Crippen LogP contribution is -2.64. The zero-order valence-corrected chi connectivity index (χ0v) is 19.6. The molecule has 1 spiro atoms. The van der Waals surface area contributed by atoms with E-state index in [0.29, 0.717) is 32.7 Å². The number of benzene rings is 3. The van der Waals surface area contributed by atoms with E-state index in [-0.39, 0.29) is 19.0 Å². The van der Waals surface area contributed by atoms with Gasteiger partial charge in [-0.15, -0.1) is 0 Å². The maximum Gasteiger partial charge on any atom is 0.347 e. The fourth-order valence-electron chi connectivity index (χ4n) is 4.04. The largest absolute Gasteiger partial charge is 0.375 e. The summed E-state index contributed by atoms with van der Waals surface area (Å²) < 4.78 is 5.53. The number of aliphatic imine (C=N–C) groups is 1. The summed E-state index contributed by atoms with van der Waals surface area (Å²) in [5, 5.41) is 12.9. The molecule has 2 fully saturated rings. The molecule has 5 rings (SSSR count). The predicted octanol–water partition coefficient (Wildman–Crippen LogP) is 5.71. The number of halogens is 2. The van der Waals surface area contributed by atoms with Crippen LogP contribution in [0.3, 0.4) is 0 Å². The van der Waals surface area contributed by atoms with E-state index < -0.39 is 17.6 Å². The van der Waals surface area contributed by atoms with Crippen LogP contribution in [0.2, 0.25) is 10.0 Å². The van der Waals surface area contributed by atoms with Crippen molar-refractivity contribution in [3.8, 4) is 6.07 Å². The molecule has 0 aromatic heterocycles. The molecule has 174 valence electrons. The Balaban J connectivity index is 1.59. The van der Waals surface area contributed by atoms with Crippen molar-refractivity contribution in [3.63, 3.8) is 0 Å². The maximum atomic E-state index is 13.8. The Morgan fingerprint density at radius 3 is 2.06 bits per heavy atom. The SMILES string of the molecule is N#Cc1ccc(N2C(=O)N(c3ccc(Cl)cc3)/C(=N\C(=O)Nc3ccc(Cl)cc3)C23COC3)cc1. The molecule has 2 aliphatic heterocycles. The van der Waals surface area contributed by atoms with Gasteiger partial charge in [-0.05, 0) is 72.8 Å². The highest BCUT2D eigenvalue weighted by Gasteiger charge is 2.61. The Morgan fingerprint density at radius 1 is 0.943 bits per heavy atom. The van der Waals surface area contributed by atoms with Crippen molar-refractivity contribution in [2.45, 2.75) is 5.54 Å². The Hall–Kier alpha value is -3.90. The summed E-state index contributed by atoms with van der Waals surface area (Å²) in [7, 11) is 0. The van der Waals surface area contributed by atoms with E-state index in [9.17, 15) is 9.59 Å². The fourth-order valence-corrected chi connectivity index (χ4v) is 4.29. The number of hydrogen-bond donors (Lipinski definition) is 1. The van der Waals surface area contributed by atoms with Crippen molar-refractivity contribution in [2.75, 3.05) is 28.3 Å². The normalized spacial score (nSPS) is 17.4. The standard InChI is InChI=1S/C25H17Cl2N5O3/c26-17-3-7-19(8-4-17)29-23(33)30-22-25(14-35-15-25)32(21-9-1-16(13-28)2-10-21)24(34)31(22)20-11-5-18(27)6-12-20/h1-12H,14-15H2,(H,29,33)/b30-22-. The van der Waals surface area contributed by atoms with Crippen LogP contribution < -0.4 is 15.1 Å². The number of carbonyl (C=O) groups is 2. The van der Waals surface area contributed by atoms with Crippen LogP contribution in [0.25, 0.3) is 0 Å². The van der Waals surface area contributed by atoms with Gasteiger partial charge in [0, 0.05) is 21.4 Å². The van der Waals surface area contributed by atoms with E-state index in [1.807, 2.05) is 0 Å². The van der Waals surface area contributed by atoms with Crippen molar-refractivity contribution < 1.29 is 14.3 Å². The average Bonchev–Trinajstić information content (AvgIpc) is 3.09. The van der Waals surface area contributed by atoms with Crippen LogP contribution in [0, 0.1) is 11.3 Å². The van der Waals surface area contributed by atoms with Crippen LogP contribution in [0.4, 0.5) is 26.7 Å². The first kappa shape index (κ1) is 22.9. The predicted molar refractivity (Wildman–Crippen MR) is 134 cm³/mol. The van der Waals surface area contributed by atoms with E-state index >= 15 is 0 Å². The maximum absolute atomic E-state index is 13.8. The van der Waals surface area contributed by atoms with Gasteiger partial charge in [-0.25, -0.2) is 14.5 Å². The molecule has 0 unspecified atom stereocenters. The molecule has 0 saturated carbocycles. The monoisotopic (exact) mass is 505 g/mol. The smallest absolute Gasteiger partial charge is 0.347 e. The third kappa shape index (κ3) is 4.10. The molecule has 0 radical (unpaired) electrons. The molecular weight excluding hydrogens is 489 g/mol. The Labute approximate surface area is 210 Å². The van der Waals surface area contributed by atoms with Gasteiger partial charge in [0.15, 0.2) is 11.4 Å². The summed E-state index contributed by atoms with van der Waals surface area (Å²) in [6, 6.07) is 20.9. The topological polar surface area (TPSA) is 98.0 Å². The summed E-state index contributed by atoms with van der Waals surface area (Å²) in [5.74, 6) is 0.229. The second kappa shape index (κ2) is 9.04. The van der Waals surface area contributed by atoms with Gasteiger partial charge in [0.1, 0.15) is 0 Å². The van der Waals surface area contributed by atoms with E-state index in [4.69, 9.17) is 33.2 Å². The minimum absolute atomic E-state index is 0.149. The first-order chi connectivity index (χ1) is 16.9. The summed E-state index contributed by atoms with van der Waals surface area (Å²) in [6.45, 7) is 0.297. The van der Waals surface area contributed by atoms with Crippen LogP contribution in [0.1, 0.15) is 5.56 Å². The number of ether oxygens (including phenoxy) is 1. The lowest BCUT2D eigenvalue weighted by molar-refractivity contribution is -0.0152. The van der Waals surface area contributed by atoms with Crippen LogP contribution in [-0.4, -0.2) is 36.7 Å². The van der Waals surface area contributed by atoms with E-state index in [1.54, 1.807) is 77.7 Å². The van der Waals surface area contributed by atoms with Gasteiger partial charge in [-0.3, -0.25) is 4.90 Å². The quantitative estimate of drug-likeness (QED) is 0.492. The zero-order valence-electron chi connectivity index (χ0n) is 18.1. The highest BCUT2D eigenvalue weighted by molar-refractivity contribution is 6.35. The molecule has 3 aromatic carbocycles. The van der Waals surface area contributed by atoms with Crippen molar-refractivity contribution in [2.24, 2.45) is 4.99 Å². The highest BCUT2D eigenvalue weighted by atomic mass is 35.5. The summed E-state index contributed by atoms with van der Waals surface area (Å²) in [4.78, 5) is 34.1. The average molecular weight is 506 g/mol. The summed E-state index contributed by atoms with van der Waals surface area (Å²) >= 11 is 12.0. The molecule has 0 aliphatic carbocycles. The third-order valence-electron chi connectivity index (χ3n) is 5.76.